The third-order valence-electron chi connectivity index (χ3n) is 4.61. The molecule has 0 spiro atoms. The van der Waals surface area contributed by atoms with E-state index in [0.717, 1.165) is 31.4 Å². The maximum Gasteiger partial charge on any atom is 0.193 e. The van der Waals surface area contributed by atoms with Crippen molar-refractivity contribution in [2.45, 2.75) is 43.3 Å². The summed E-state index contributed by atoms with van der Waals surface area (Å²) in [6.45, 7) is 0.559. The van der Waals surface area contributed by atoms with Crippen molar-refractivity contribution in [3.05, 3.63) is 29.3 Å². The third-order valence-corrected chi connectivity index (χ3v) is 6.37. The summed E-state index contributed by atoms with van der Waals surface area (Å²) in [5.41, 5.74) is 9.89. The van der Waals surface area contributed by atoms with Gasteiger partial charge in [0.2, 0.25) is 0 Å². The second kappa shape index (κ2) is 7.29. The van der Waals surface area contributed by atoms with Crippen molar-refractivity contribution in [1.29, 1.82) is 0 Å². The largest absolute Gasteiger partial charge is 0.370 e. The van der Waals surface area contributed by atoms with Gasteiger partial charge in [-0.15, -0.1) is 24.0 Å². The molecule has 0 aliphatic heterocycles. The standard InChI is InChI=1S/C16H23N3OS.HI/c1-21(20)16(9-10-16)11-18-15(17)19-14-8-4-6-12-5-2-3-7-13(12)14;/h4,6,8H,2-3,5,7,9-11H2,1H3,(H3,17,18,19);1H. The Kier molecular flexibility index (Phi) is 5.87. The van der Waals surface area contributed by atoms with Gasteiger partial charge in [-0.1, -0.05) is 12.1 Å². The maximum absolute atomic E-state index is 11.7. The second-order valence-corrected chi connectivity index (χ2v) is 7.89. The van der Waals surface area contributed by atoms with E-state index < -0.39 is 10.8 Å². The van der Waals surface area contributed by atoms with E-state index in [2.05, 4.69) is 28.5 Å². The first kappa shape index (κ1) is 17.7. The SMILES string of the molecule is CS(=O)C1(CN=C(N)Nc2cccc3c2CCCC3)CC1.I. The van der Waals surface area contributed by atoms with Gasteiger partial charge in [0.1, 0.15) is 0 Å². The molecule has 122 valence electrons. The van der Waals surface area contributed by atoms with Crippen LogP contribution in [0.25, 0.3) is 0 Å². The summed E-state index contributed by atoms with van der Waals surface area (Å²) in [6, 6.07) is 6.34. The van der Waals surface area contributed by atoms with Crippen LogP contribution in [0.4, 0.5) is 5.69 Å². The molecule has 3 N–H and O–H groups in total. The lowest BCUT2D eigenvalue weighted by molar-refractivity contribution is 0.672. The normalized spacial score (nSPS) is 20.5. The van der Waals surface area contributed by atoms with Crippen LogP contribution < -0.4 is 11.1 Å². The first-order valence-corrected chi connectivity index (χ1v) is 9.18. The van der Waals surface area contributed by atoms with Crippen LogP contribution in [0, 0.1) is 0 Å². The summed E-state index contributed by atoms with van der Waals surface area (Å²) >= 11 is 0. The summed E-state index contributed by atoms with van der Waals surface area (Å²) in [7, 11) is -0.820. The fourth-order valence-corrected chi connectivity index (χ4v) is 3.90. The summed E-state index contributed by atoms with van der Waals surface area (Å²) < 4.78 is 11.6. The van der Waals surface area contributed by atoms with Crippen LogP contribution in [0.15, 0.2) is 23.2 Å². The molecule has 1 aromatic carbocycles. The molecule has 0 radical (unpaired) electrons. The number of nitrogens with one attached hydrogen (secondary N) is 1. The van der Waals surface area contributed by atoms with Crippen molar-refractivity contribution in [3.8, 4) is 0 Å². The summed E-state index contributed by atoms with van der Waals surface area (Å²) in [5.74, 6) is 0.436. The summed E-state index contributed by atoms with van der Waals surface area (Å²) in [5, 5.41) is 3.24. The average Bonchev–Trinajstić information content (AvgIpc) is 3.27. The number of anilines is 1. The van der Waals surface area contributed by atoms with Crippen LogP contribution in [-0.4, -0.2) is 27.7 Å². The lowest BCUT2D eigenvalue weighted by Crippen LogP contribution is -2.27. The number of hydrogen-bond donors (Lipinski definition) is 2. The van der Waals surface area contributed by atoms with Crippen molar-refractivity contribution in [2.24, 2.45) is 10.7 Å². The molecule has 1 atom stereocenters. The molecule has 0 amide bonds. The Morgan fingerprint density at radius 2 is 2.09 bits per heavy atom. The topological polar surface area (TPSA) is 67.5 Å². The molecule has 4 nitrogen and oxygen atoms in total. The zero-order chi connectivity index (χ0) is 14.9. The minimum Gasteiger partial charge on any atom is -0.370 e. The van der Waals surface area contributed by atoms with Gasteiger partial charge in [0.15, 0.2) is 5.96 Å². The van der Waals surface area contributed by atoms with Gasteiger partial charge in [-0.3, -0.25) is 9.20 Å². The van der Waals surface area contributed by atoms with E-state index in [1.165, 1.54) is 24.0 Å². The Morgan fingerprint density at radius 3 is 2.77 bits per heavy atom. The molecule has 6 heteroatoms. The van der Waals surface area contributed by atoms with E-state index in [9.17, 15) is 4.21 Å². The fraction of sp³-hybridized carbons (Fsp3) is 0.562. The van der Waals surface area contributed by atoms with Gasteiger partial charge >= 0.3 is 0 Å². The van der Waals surface area contributed by atoms with Crippen LogP contribution in [0.3, 0.4) is 0 Å². The monoisotopic (exact) mass is 433 g/mol. The van der Waals surface area contributed by atoms with E-state index in [-0.39, 0.29) is 28.7 Å². The molecule has 2 aliphatic carbocycles. The van der Waals surface area contributed by atoms with E-state index in [0.29, 0.717) is 12.5 Å². The van der Waals surface area contributed by atoms with Gasteiger partial charge in [-0.25, -0.2) is 0 Å². The van der Waals surface area contributed by atoms with Gasteiger partial charge in [0.05, 0.1) is 11.3 Å². The molecule has 1 aromatic rings. The number of halogens is 1. The Morgan fingerprint density at radius 1 is 1.36 bits per heavy atom. The summed E-state index contributed by atoms with van der Waals surface area (Å²) in [6.07, 6.45) is 8.51. The first-order chi connectivity index (χ1) is 10.1. The number of guanidine groups is 1. The minimum absolute atomic E-state index is 0. The van der Waals surface area contributed by atoms with Crippen LogP contribution in [0.5, 0.6) is 0 Å². The highest BCUT2D eigenvalue weighted by atomic mass is 127. The Balaban J connectivity index is 0.00000176. The molecular formula is C16H24IN3OS. The van der Waals surface area contributed by atoms with Crippen molar-refractivity contribution < 1.29 is 4.21 Å². The molecule has 0 saturated heterocycles. The molecule has 0 bridgehead atoms. The van der Waals surface area contributed by atoms with Crippen molar-refractivity contribution in [2.75, 3.05) is 18.1 Å². The van der Waals surface area contributed by atoms with Crippen LogP contribution in [-0.2, 0) is 23.6 Å². The highest BCUT2D eigenvalue weighted by Gasteiger charge is 2.46. The van der Waals surface area contributed by atoms with E-state index in [1.807, 2.05) is 0 Å². The van der Waals surface area contributed by atoms with E-state index in [4.69, 9.17) is 5.73 Å². The molecule has 0 heterocycles. The predicted octanol–water partition coefficient (Wildman–Crippen LogP) is 2.82. The molecule has 3 rings (SSSR count). The number of nitrogens with two attached hydrogens (primary N) is 1. The number of benzene rings is 1. The number of aryl methyl sites for hydroxylation is 1. The first-order valence-electron chi connectivity index (χ1n) is 7.62. The minimum atomic E-state index is -0.820. The maximum atomic E-state index is 11.7. The molecule has 2 aliphatic rings. The highest BCUT2D eigenvalue weighted by Crippen LogP contribution is 2.41. The molecule has 1 unspecified atom stereocenters. The number of nitrogens with zero attached hydrogens (tertiary/aromatic N) is 1. The zero-order valence-corrected chi connectivity index (χ0v) is 16.1. The third kappa shape index (κ3) is 3.82. The van der Waals surface area contributed by atoms with E-state index in [1.54, 1.807) is 6.26 Å². The quantitative estimate of drug-likeness (QED) is 0.436. The molecule has 1 saturated carbocycles. The zero-order valence-electron chi connectivity index (χ0n) is 12.9. The predicted molar refractivity (Wildman–Crippen MR) is 105 cm³/mol. The van der Waals surface area contributed by atoms with Crippen LogP contribution >= 0.6 is 24.0 Å². The van der Waals surface area contributed by atoms with Crippen molar-refractivity contribution in [3.63, 3.8) is 0 Å². The molecule has 1 fully saturated rings. The van der Waals surface area contributed by atoms with Gasteiger partial charge in [0, 0.05) is 22.7 Å². The summed E-state index contributed by atoms with van der Waals surface area (Å²) in [4.78, 5) is 4.41. The van der Waals surface area contributed by atoms with Gasteiger partial charge < -0.3 is 11.1 Å². The highest BCUT2D eigenvalue weighted by molar-refractivity contribution is 14.0. The second-order valence-electron chi connectivity index (χ2n) is 6.11. The molecule has 22 heavy (non-hydrogen) atoms. The number of fused-ring (bicyclic) bond motifs is 1. The van der Waals surface area contributed by atoms with Crippen molar-refractivity contribution >= 4 is 46.4 Å². The fourth-order valence-electron chi connectivity index (χ4n) is 2.98. The van der Waals surface area contributed by atoms with Gasteiger partial charge in [-0.2, -0.15) is 0 Å². The Labute approximate surface area is 151 Å². The smallest absolute Gasteiger partial charge is 0.193 e. The number of hydrogen-bond acceptors (Lipinski definition) is 2. The number of rotatable bonds is 4. The molecular weight excluding hydrogens is 409 g/mol. The van der Waals surface area contributed by atoms with Crippen LogP contribution in [0.1, 0.15) is 36.8 Å². The molecule has 0 aromatic heterocycles. The number of aliphatic imine (C=N–C) groups is 1. The van der Waals surface area contributed by atoms with Gasteiger partial charge in [-0.05, 0) is 55.7 Å². The Hall–Kier alpha value is -0.630. The van der Waals surface area contributed by atoms with E-state index >= 15 is 0 Å². The van der Waals surface area contributed by atoms with Gasteiger partial charge in [0.25, 0.3) is 0 Å². The lowest BCUT2D eigenvalue weighted by Gasteiger charge is -2.20. The lowest BCUT2D eigenvalue weighted by atomic mass is 9.90. The van der Waals surface area contributed by atoms with Crippen LogP contribution in [0.2, 0.25) is 0 Å². The van der Waals surface area contributed by atoms with Crippen molar-refractivity contribution in [1.82, 2.24) is 0 Å². The average molecular weight is 433 g/mol. The Bertz CT molecular complexity index is 599.